The Morgan fingerprint density at radius 2 is 2.00 bits per heavy atom. The van der Waals surface area contributed by atoms with E-state index in [0.29, 0.717) is 18.9 Å². The van der Waals surface area contributed by atoms with E-state index < -0.39 is 0 Å². The number of nitrogens with one attached hydrogen (secondary N) is 1. The van der Waals surface area contributed by atoms with Gasteiger partial charge in [0.2, 0.25) is 11.8 Å². The number of nitrogens with zero attached hydrogens (tertiary/aromatic N) is 2. The highest BCUT2D eigenvalue weighted by Gasteiger charge is 2.38. The average molecular weight is 315 g/mol. The third-order valence-corrected chi connectivity index (χ3v) is 4.86. The fraction of sp³-hybridized carbons (Fsp3) is 0.556. The van der Waals surface area contributed by atoms with Crippen LogP contribution < -0.4 is 5.32 Å². The van der Waals surface area contributed by atoms with Crippen molar-refractivity contribution >= 4 is 11.8 Å². The maximum Gasteiger partial charge on any atom is 0.245 e. The molecule has 124 valence electrons. The highest BCUT2D eigenvalue weighted by Crippen LogP contribution is 2.20. The first kappa shape index (κ1) is 16.0. The van der Waals surface area contributed by atoms with Gasteiger partial charge in [-0.15, -0.1) is 0 Å². The van der Waals surface area contributed by atoms with Crippen LogP contribution in [-0.2, 0) is 16.0 Å². The number of piperazine rings is 1. The van der Waals surface area contributed by atoms with Crippen molar-refractivity contribution in [3.63, 3.8) is 0 Å². The summed E-state index contributed by atoms with van der Waals surface area (Å²) in [4.78, 5) is 28.6. The van der Waals surface area contributed by atoms with Crippen LogP contribution >= 0.6 is 0 Å². The van der Waals surface area contributed by atoms with Crippen LogP contribution in [0.2, 0.25) is 0 Å². The van der Waals surface area contributed by atoms with Crippen LogP contribution in [0.4, 0.5) is 0 Å². The zero-order chi connectivity index (χ0) is 16.2. The van der Waals surface area contributed by atoms with Gasteiger partial charge < -0.3 is 15.1 Å². The molecule has 1 aromatic rings. The van der Waals surface area contributed by atoms with E-state index in [0.717, 1.165) is 31.5 Å². The Kier molecular flexibility index (Phi) is 4.96. The van der Waals surface area contributed by atoms with Crippen LogP contribution in [0.15, 0.2) is 30.3 Å². The quantitative estimate of drug-likeness (QED) is 0.898. The number of piperidine rings is 1. The molecule has 2 amide bonds. The Morgan fingerprint density at radius 3 is 2.70 bits per heavy atom. The smallest absolute Gasteiger partial charge is 0.245 e. The molecule has 0 aliphatic carbocycles. The summed E-state index contributed by atoms with van der Waals surface area (Å²) < 4.78 is 0. The van der Waals surface area contributed by atoms with Gasteiger partial charge in [-0.25, -0.2) is 0 Å². The van der Waals surface area contributed by atoms with E-state index in [2.05, 4.69) is 5.32 Å². The molecule has 0 saturated carbocycles. The van der Waals surface area contributed by atoms with E-state index in [9.17, 15) is 9.59 Å². The van der Waals surface area contributed by atoms with Crippen LogP contribution in [0.25, 0.3) is 0 Å². The second-order valence-corrected chi connectivity index (χ2v) is 6.66. The number of benzene rings is 1. The van der Waals surface area contributed by atoms with Crippen LogP contribution in [-0.4, -0.2) is 60.9 Å². The summed E-state index contributed by atoms with van der Waals surface area (Å²) in [6.07, 6.45) is 2.86. The van der Waals surface area contributed by atoms with E-state index in [-0.39, 0.29) is 24.4 Å². The zero-order valence-electron chi connectivity index (χ0n) is 13.7. The van der Waals surface area contributed by atoms with Gasteiger partial charge in [0.25, 0.3) is 0 Å². The lowest BCUT2D eigenvalue weighted by molar-refractivity contribution is -0.155. The predicted octanol–water partition coefficient (Wildman–Crippen LogP) is 0.898. The number of carbonyl (C=O) groups is 2. The van der Waals surface area contributed by atoms with E-state index in [1.54, 1.807) is 11.9 Å². The Bertz CT molecular complexity index is 555. The fourth-order valence-electron chi connectivity index (χ4n) is 3.56. The van der Waals surface area contributed by atoms with Crippen molar-refractivity contribution in [1.29, 1.82) is 0 Å². The maximum atomic E-state index is 12.6. The van der Waals surface area contributed by atoms with Crippen molar-refractivity contribution in [1.82, 2.24) is 15.1 Å². The molecular weight excluding hydrogens is 290 g/mol. The Morgan fingerprint density at radius 1 is 1.22 bits per heavy atom. The molecule has 0 aromatic heterocycles. The van der Waals surface area contributed by atoms with Crippen LogP contribution in [0, 0.1) is 5.92 Å². The summed E-state index contributed by atoms with van der Waals surface area (Å²) in [6, 6.07) is 9.59. The van der Waals surface area contributed by atoms with Crippen LogP contribution in [0.1, 0.15) is 18.4 Å². The molecule has 2 saturated heterocycles. The average Bonchev–Trinajstić information content (AvgIpc) is 2.58. The lowest BCUT2D eigenvalue weighted by Gasteiger charge is -2.41. The highest BCUT2D eigenvalue weighted by atomic mass is 16.2. The number of carbonyl (C=O) groups excluding carboxylic acids is 2. The molecule has 5 nitrogen and oxygen atoms in total. The standard InChI is InChI=1S/C18H25N3O2/c1-20-13-17(22)21(12-15-8-5-9-19-11-15)16(18(20)23)10-14-6-3-2-4-7-14/h2-4,6-7,15-16,19H,5,8-13H2,1H3/t15-,16-/m0/s1. The summed E-state index contributed by atoms with van der Waals surface area (Å²) in [5, 5.41) is 3.39. The molecule has 0 radical (unpaired) electrons. The largest absolute Gasteiger partial charge is 0.335 e. The number of amides is 2. The first-order valence-corrected chi connectivity index (χ1v) is 8.44. The number of rotatable bonds is 4. The van der Waals surface area contributed by atoms with Gasteiger partial charge in [-0.1, -0.05) is 30.3 Å². The molecule has 3 rings (SSSR count). The van der Waals surface area contributed by atoms with Crippen molar-refractivity contribution < 1.29 is 9.59 Å². The summed E-state index contributed by atoms with van der Waals surface area (Å²) in [5.74, 6) is 0.568. The van der Waals surface area contributed by atoms with Crippen molar-refractivity contribution in [2.45, 2.75) is 25.3 Å². The number of likely N-dealkylation sites (N-methyl/N-ethyl adjacent to an activating group) is 1. The molecule has 0 unspecified atom stereocenters. The van der Waals surface area contributed by atoms with E-state index >= 15 is 0 Å². The topological polar surface area (TPSA) is 52.7 Å². The molecule has 0 spiro atoms. The fourth-order valence-corrected chi connectivity index (χ4v) is 3.56. The Labute approximate surface area is 137 Å². The zero-order valence-corrected chi connectivity index (χ0v) is 13.7. The summed E-state index contributed by atoms with van der Waals surface area (Å²) >= 11 is 0. The summed E-state index contributed by atoms with van der Waals surface area (Å²) in [6.45, 7) is 2.87. The first-order chi connectivity index (χ1) is 11.1. The van der Waals surface area contributed by atoms with Crippen molar-refractivity contribution in [3.05, 3.63) is 35.9 Å². The molecule has 5 heteroatoms. The van der Waals surface area contributed by atoms with Gasteiger partial charge in [-0.2, -0.15) is 0 Å². The molecule has 1 N–H and O–H groups in total. The number of hydrogen-bond donors (Lipinski definition) is 1. The van der Waals surface area contributed by atoms with Gasteiger partial charge in [-0.3, -0.25) is 9.59 Å². The Balaban J connectivity index is 1.77. The second kappa shape index (κ2) is 7.13. The van der Waals surface area contributed by atoms with Crippen molar-refractivity contribution in [3.8, 4) is 0 Å². The van der Waals surface area contributed by atoms with E-state index in [4.69, 9.17) is 0 Å². The molecule has 2 heterocycles. The molecule has 2 aliphatic rings. The Hall–Kier alpha value is -1.88. The minimum Gasteiger partial charge on any atom is -0.335 e. The van der Waals surface area contributed by atoms with Gasteiger partial charge in [-0.05, 0) is 37.4 Å². The lowest BCUT2D eigenvalue weighted by Crippen LogP contribution is -2.60. The molecular formula is C18H25N3O2. The minimum atomic E-state index is -0.370. The minimum absolute atomic E-state index is 0.0530. The molecule has 1 aromatic carbocycles. The second-order valence-electron chi connectivity index (χ2n) is 6.66. The predicted molar refractivity (Wildman–Crippen MR) is 88.9 cm³/mol. The van der Waals surface area contributed by atoms with Gasteiger partial charge in [0.1, 0.15) is 6.04 Å². The van der Waals surface area contributed by atoms with Gasteiger partial charge in [0, 0.05) is 20.0 Å². The van der Waals surface area contributed by atoms with E-state index in [1.807, 2.05) is 35.2 Å². The molecule has 2 aliphatic heterocycles. The maximum absolute atomic E-state index is 12.6. The van der Waals surface area contributed by atoms with Crippen molar-refractivity contribution in [2.24, 2.45) is 5.92 Å². The molecule has 2 fully saturated rings. The molecule has 2 atom stereocenters. The SMILES string of the molecule is CN1CC(=O)N(C[C@H]2CCCNC2)[C@@H](Cc2ccccc2)C1=O. The summed E-state index contributed by atoms with van der Waals surface area (Å²) in [5.41, 5.74) is 1.10. The van der Waals surface area contributed by atoms with E-state index in [1.165, 1.54) is 0 Å². The van der Waals surface area contributed by atoms with Gasteiger partial charge in [0.15, 0.2) is 0 Å². The lowest BCUT2D eigenvalue weighted by atomic mass is 9.95. The van der Waals surface area contributed by atoms with Crippen LogP contribution in [0.3, 0.4) is 0 Å². The molecule has 23 heavy (non-hydrogen) atoms. The normalized spacial score (nSPS) is 25.8. The van der Waals surface area contributed by atoms with Gasteiger partial charge in [0.05, 0.1) is 6.54 Å². The third kappa shape index (κ3) is 3.72. The monoisotopic (exact) mass is 315 g/mol. The first-order valence-electron chi connectivity index (χ1n) is 8.44. The van der Waals surface area contributed by atoms with Gasteiger partial charge >= 0.3 is 0 Å². The van der Waals surface area contributed by atoms with Crippen LogP contribution in [0.5, 0.6) is 0 Å². The third-order valence-electron chi connectivity index (χ3n) is 4.86. The number of hydrogen-bond acceptors (Lipinski definition) is 3. The highest BCUT2D eigenvalue weighted by molar-refractivity contribution is 5.94. The summed E-state index contributed by atoms with van der Waals surface area (Å²) in [7, 11) is 1.72. The molecule has 0 bridgehead atoms. The van der Waals surface area contributed by atoms with Crippen molar-refractivity contribution in [2.75, 3.05) is 33.2 Å².